The van der Waals surface area contributed by atoms with Gasteiger partial charge in [-0.3, -0.25) is 14.5 Å². The van der Waals surface area contributed by atoms with Crippen LogP contribution in [0.1, 0.15) is 118 Å². The SMILES string of the molecule is CC(C)CCCC(C)CCN1C(=O)c2c(C(C)(C)C)sc(C(C)(C)C)c2C1=O. The number of imide groups is 1. The normalized spacial score (nSPS) is 16.3. The first-order valence-corrected chi connectivity index (χ1v) is 11.6. The average Bonchev–Trinajstić information content (AvgIpc) is 3.03. The smallest absolute Gasteiger partial charge is 0.262 e. The van der Waals surface area contributed by atoms with E-state index in [1.807, 2.05) is 0 Å². The van der Waals surface area contributed by atoms with Crippen molar-refractivity contribution >= 4 is 23.2 Å². The zero-order valence-electron chi connectivity index (χ0n) is 19.4. The molecule has 0 aliphatic carbocycles. The number of carbonyl (C=O) groups excluding carboxylic acids is 2. The van der Waals surface area contributed by atoms with Gasteiger partial charge in [0.25, 0.3) is 11.8 Å². The van der Waals surface area contributed by atoms with Crippen molar-refractivity contribution in [2.45, 2.75) is 98.8 Å². The van der Waals surface area contributed by atoms with Crippen molar-refractivity contribution in [1.29, 1.82) is 0 Å². The molecular formula is C24H39NO2S. The van der Waals surface area contributed by atoms with Crippen LogP contribution in [0.5, 0.6) is 0 Å². The van der Waals surface area contributed by atoms with Crippen LogP contribution in [0.25, 0.3) is 0 Å². The van der Waals surface area contributed by atoms with Crippen molar-refractivity contribution in [3.05, 3.63) is 20.9 Å². The second-order valence-corrected chi connectivity index (χ2v) is 12.0. The van der Waals surface area contributed by atoms with Gasteiger partial charge < -0.3 is 0 Å². The molecule has 3 nitrogen and oxygen atoms in total. The van der Waals surface area contributed by atoms with Crippen molar-refractivity contribution in [2.75, 3.05) is 6.54 Å². The Kier molecular flexibility index (Phi) is 6.85. The number of nitrogens with zero attached hydrogens (tertiary/aromatic N) is 1. The summed E-state index contributed by atoms with van der Waals surface area (Å²) in [5.74, 6) is 1.11. The van der Waals surface area contributed by atoms with Gasteiger partial charge >= 0.3 is 0 Å². The summed E-state index contributed by atoms with van der Waals surface area (Å²) in [6, 6.07) is 0. The summed E-state index contributed by atoms with van der Waals surface area (Å²) in [5, 5.41) is 0. The lowest BCUT2D eigenvalue weighted by molar-refractivity contribution is 0.0644. The van der Waals surface area contributed by atoms with E-state index >= 15 is 0 Å². The molecule has 1 aliphatic rings. The molecule has 1 unspecified atom stereocenters. The van der Waals surface area contributed by atoms with Gasteiger partial charge in [-0.1, -0.05) is 81.6 Å². The standard InChI is InChI=1S/C24H39NO2S/c1-15(2)11-10-12-16(3)13-14-25-21(26)17-18(22(25)27)20(24(7,8)9)28-19(17)23(4,5)6/h15-16H,10-14H2,1-9H3. The molecule has 0 saturated carbocycles. The molecule has 2 rings (SSSR count). The molecule has 158 valence electrons. The number of hydrogen-bond acceptors (Lipinski definition) is 3. The number of fused-ring (bicyclic) bond motifs is 1. The van der Waals surface area contributed by atoms with Crippen LogP contribution in [-0.2, 0) is 10.8 Å². The van der Waals surface area contributed by atoms with Crippen molar-refractivity contribution in [3.63, 3.8) is 0 Å². The molecule has 1 aromatic rings. The van der Waals surface area contributed by atoms with Crippen LogP contribution in [0.15, 0.2) is 0 Å². The molecule has 28 heavy (non-hydrogen) atoms. The quantitative estimate of drug-likeness (QED) is 0.468. The van der Waals surface area contributed by atoms with Gasteiger partial charge in [0.15, 0.2) is 0 Å². The van der Waals surface area contributed by atoms with Crippen molar-refractivity contribution in [2.24, 2.45) is 11.8 Å². The summed E-state index contributed by atoms with van der Waals surface area (Å²) < 4.78 is 0. The molecule has 0 N–H and O–H groups in total. The Bertz CT molecular complexity index is 683. The van der Waals surface area contributed by atoms with Crippen LogP contribution in [0.4, 0.5) is 0 Å². The molecule has 1 aliphatic heterocycles. The zero-order chi connectivity index (χ0) is 21.4. The van der Waals surface area contributed by atoms with Crippen molar-refractivity contribution in [1.82, 2.24) is 4.90 Å². The van der Waals surface area contributed by atoms with Crippen LogP contribution < -0.4 is 0 Å². The summed E-state index contributed by atoms with van der Waals surface area (Å²) in [7, 11) is 0. The Morgan fingerprint density at radius 3 is 1.64 bits per heavy atom. The van der Waals surface area contributed by atoms with E-state index < -0.39 is 0 Å². The molecule has 0 spiro atoms. The molecular weight excluding hydrogens is 366 g/mol. The van der Waals surface area contributed by atoms with E-state index in [4.69, 9.17) is 0 Å². The first-order valence-electron chi connectivity index (χ1n) is 10.8. The van der Waals surface area contributed by atoms with Gasteiger partial charge in [0, 0.05) is 16.3 Å². The first-order chi connectivity index (χ1) is 12.7. The summed E-state index contributed by atoms with van der Waals surface area (Å²) in [5.41, 5.74) is 1.07. The largest absolute Gasteiger partial charge is 0.274 e. The molecule has 0 aromatic carbocycles. The van der Waals surface area contributed by atoms with E-state index in [0.717, 1.165) is 28.5 Å². The predicted molar refractivity (Wildman–Crippen MR) is 120 cm³/mol. The minimum atomic E-state index is -0.145. The van der Waals surface area contributed by atoms with Crippen LogP contribution in [0.3, 0.4) is 0 Å². The predicted octanol–water partition coefficient (Wildman–Crippen LogP) is 6.79. The number of amides is 2. The maximum atomic E-state index is 13.2. The maximum absolute atomic E-state index is 13.2. The number of rotatable bonds is 7. The summed E-state index contributed by atoms with van der Waals surface area (Å²) >= 11 is 1.66. The summed E-state index contributed by atoms with van der Waals surface area (Å²) in [6.45, 7) is 20.0. The van der Waals surface area contributed by atoms with E-state index in [-0.39, 0.29) is 22.6 Å². The van der Waals surface area contributed by atoms with Gasteiger partial charge in [0.05, 0.1) is 11.1 Å². The highest BCUT2D eigenvalue weighted by Gasteiger charge is 2.45. The monoisotopic (exact) mass is 405 g/mol. The summed E-state index contributed by atoms with van der Waals surface area (Å²) in [6.07, 6.45) is 4.51. The second-order valence-electron chi connectivity index (χ2n) is 11.0. The molecule has 0 fully saturated rings. The Morgan fingerprint density at radius 1 is 0.786 bits per heavy atom. The van der Waals surface area contributed by atoms with E-state index in [2.05, 4.69) is 62.3 Å². The lowest BCUT2D eigenvalue weighted by atomic mass is 9.87. The topological polar surface area (TPSA) is 37.4 Å². The second kappa shape index (κ2) is 8.30. The Balaban J connectivity index is 2.22. The molecule has 0 saturated heterocycles. The van der Waals surface area contributed by atoms with Gasteiger partial charge in [-0.25, -0.2) is 0 Å². The molecule has 1 aromatic heterocycles. The summed E-state index contributed by atoms with van der Waals surface area (Å²) in [4.78, 5) is 30.1. The molecule has 0 bridgehead atoms. The van der Waals surface area contributed by atoms with Crippen LogP contribution in [0.2, 0.25) is 0 Å². The fraction of sp³-hybridized carbons (Fsp3) is 0.750. The maximum Gasteiger partial charge on any atom is 0.262 e. The minimum absolute atomic E-state index is 0.0777. The molecule has 1 atom stereocenters. The number of hydrogen-bond donors (Lipinski definition) is 0. The Morgan fingerprint density at radius 2 is 1.25 bits per heavy atom. The van der Waals surface area contributed by atoms with Gasteiger partial charge in [0.1, 0.15) is 0 Å². The highest BCUT2D eigenvalue weighted by atomic mass is 32.1. The molecule has 0 radical (unpaired) electrons. The minimum Gasteiger partial charge on any atom is -0.274 e. The highest BCUT2D eigenvalue weighted by molar-refractivity contribution is 7.13. The third-order valence-corrected chi connectivity index (χ3v) is 7.55. The van der Waals surface area contributed by atoms with Gasteiger partial charge in [-0.05, 0) is 29.1 Å². The van der Waals surface area contributed by atoms with Crippen LogP contribution in [0, 0.1) is 11.8 Å². The molecule has 2 heterocycles. The van der Waals surface area contributed by atoms with Gasteiger partial charge in [-0.15, -0.1) is 11.3 Å². The molecule has 2 amide bonds. The van der Waals surface area contributed by atoms with Gasteiger partial charge in [-0.2, -0.15) is 0 Å². The van der Waals surface area contributed by atoms with Crippen molar-refractivity contribution in [3.8, 4) is 0 Å². The lowest BCUT2D eigenvalue weighted by Gasteiger charge is -2.23. The van der Waals surface area contributed by atoms with Crippen LogP contribution in [-0.4, -0.2) is 23.3 Å². The third kappa shape index (κ3) is 4.87. The zero-order valence-corrected chi connectivity index (χ0v) is 20.2. The first kappa shape index (κ1) is 23.1. The van der Waals surface area contributed by atoms with E-state index in [0.29, 0.717) is 23.6 Å². The van der Waals surface area contributed by atoms with E-state index in [9.17, 15) is 9.59 Å². The molecule has 4 heteroatoms. The van der Waals surface area contributed by atoms with Gasteiger partial charge in [0.2, 0.25) is 0 Å². The number of carbonyl (C=O) groups is 2. The van der Waals surface area contributed by atoms with E-state index in [1.54, 1.807) is 11.3 Å². The third-order valence-electron chi connectivity index (χ3n) is 5.51. The van der Waals surface area contributed by atoms with Crippen molar-refractivity contribution < 1.29 is 9.59 Å². The average molecular weight is 406 g/mol. The van der Waals surface area contributed by atoms with E-state index in [1.165, 1.54) is 17.7 Å². The lowest BCUT2D eigenvalue weighted by Crippen LogP contribution is -2.33. The Hall–Kier alpha value is -1.16. The highest BCUT2D eigenvalue weighted by Crippen LogP contribution is 2.46. The van der Waals surface area contributed by atoms with Crippen LogP contribution >= 0.6 is 11.3 Å². The fourth-order valence-corrected chi connectivity index (χ4v) is 5.23. The number of thiophene rings is 1. The fourth-order valence-electron chi connectivity index (χ4n) is 3.83. The Labute approximate surface area is 175 Å².